The highest BCUT2D eigenvalue weighted by Gasteiger charge is 2.45. The molecule has 208 valence electrons. The number of urea groups is 1. The molecule has 10 nitrogen and oxygen atoms in total. The molecule has 1 N–H and O–H groups in total. The minimum absolute atomic E-state index is 0.103. The van der Waals surface area contributed by atoms with E-state index in [-0.39, 0.29) is 24.8 Å². The quantitative estimate of drug-likeness (QED) is 0.581. The predicted molar refractivity (Wildman–Crippen MR) is 143 cm³/mol. The Morgan fingerprint density at radius 1 is 0.769 bits per heavy atom. The Morgan fingerprint density at radius 3 is 2.26 bits per heavy atom. The number of hydrogen-bond acceptors (Lipinski definition) is 6. The smallest absolute Gasteiger partial charge is 0.320 e. The zero-order valence-corrected chi connectivity index (χ0v) is 22.4. The topological polar surface area (TPSA) is 110 Å². The van der Waals surface area contributed by atoms with Crippen molar-refractivity contribution in [1.82, 2.24) is 20.0 Å². The van der Waals surface area contributed by atoms with Crippen molar-refractivity contribution in [2.45, 2.75) is 76.3 Å². The summed E-state index contributed by atoms with van der Waals surface area (Å²) in [6.45, 7) is 4.16. The summed E-state index contributed by atoms with van der Waals surface area (Å²) in [6.07, 6.45) is 9.22. The van der Waals surface area contributed by atoms with E-state index in [1.165, 1.54) is 19.3 Å². The molecule has 0 bridgehead atoms. The summed E-state index contributed by atoms with van der Waals surface area (Å²) in [5.74, 6) is -1.50. The fourth-order valence-corrected chi connectivity index (χ4v) is 7.05. The molecule has 1 aromatic carbocycles. The molecule has 6 rings (SSSR count). The summed E-state index contributed by atoms with van der Waals surface area (Å²) in [6, 6.07) is 4.98. The highest BCUT2D eigenvalue weighted by Crippen LogP contribution is 2.33. The van der Waals surface area contributed by atoms with Crippen molar-refractivity contribution in [1.29, 1.82) is 0 Å². The number of hydrogen-bond donors (Lipinski definition) is 1. The van der Waals surface area contributed by atoms with Crippen LogP contribution in [0, 0.1) is 5.92 Å². The van der Waals surface area contributed by atoms with E-state index < -0.39 is 23.8 Å². The van der Waals surface area contributed by atoms with Gasteiger partial charge in [0, 0.05) is 50.9 Å². The van der Waals surface area contributed by atoms with Gasteiger partial charge >= 0.3 is 6.03 Å². The number of carbonyl (C=O) groups excluding carboxylic acids is 5. The SMILES string of the molecule is O=C1CCC(N2C(=O)c3ccc(N4CCC(CN5CCCN(C6CCCCC6)C5=O)CC4)cc3C2=O)C(=O)N1. The molecule has 3 saturated heterocycles. The van der Waals surface area contributed by atoms with E-state index >= 15 is 0 Å². The maximum atomic E-state index is 13.3. The van der Waals surface area contributed by atoms with Crippen LogP contribution in [0.25, 0.3) is 0 Å². The van der Waals surface area contributed by atoms with Crippen molar-refractivity contribution in [2.75, 3.05) is 37.6 Å². The molecule has 0 spiro atoms. The van der Waals surface area contributed by atoms with Crippen LogP contribution in [-0.4, -0.2) is 89.2 Å². The number of rotatable bonds is 5. The van der Waals surface area contributed by atoms with E-state index in [0.29, 0.717) is 23.1 Å². The zero-order chi connectivity index (χ0) is 27.1. The molecule has 1 unspecified atom stereocenters. The predicted octanol–water partition coefficient (Wildman–Crippen LogP) is 2.76. The van der Waals surface area contributed by atoms with Crippen LogP contribution in [0.2, 0.25) is 0 Å². The summed E-state index contributed by atoms with van der Waals surface area (Å²) in [5, 5.41) is 2.23. The third-order valence-electron chi connectivity index (χ3n) is 9.24. The standard InChI is InChI=1S/C29H37N5O5/c35-25-10-9-24(26(36)30-25)34-27(37)22-8-7-21(17-23(22)28(34)38)31-15-11-19(12-16-31)18-32-13-4-14-33(29(32)39)20-5-2-1-3-6-20/h7-8,17,19-20,24H,1-6,9-16,18H2,(H,30,35,36). The van der Waals surface area contributed by atoms with Gasteiger partial charge in [-0.3, -0.25) is 29.4 Å². The maximum Gasteiger partial charge on any atom is 0.320 e. The third kappa shape index (κ3) is 4.89. The van der Waals surface area contributed by atoms with Gasteiger partial charge in [0.05, 0.1) is 11.1 Å². The molecule has 4 heterocycles. The lowest BCUT2D eigenvalue weighted by molar-refractivity contribution is -0.136. The molecule has 39 heavy (non-hydrogen) atoms. The number of benzene rings is 1. The van der Waals surface area contributed by atoms with Crippen molar-refractivity contribution < 1.29 is 24.0 Å². The minimum atomic E-state index is -0.958. The molecule has 1 atom stereocenters. The first-order valence-electron chi connectivity index (χ1n) is 14.6. The van der Waals surface area contributed by atoms with Gasteiger partial charge in [-0.25, -0.2) is 4.79 Å². The molecule has 1 saturated carbocycles. The second-order valence-corrected chi connectivity index (χ2v) is 11.7. The average molecular weight is 536 g/mol. The van der Waals surface area contributed by atoms with Gasteiger partial charge in [0.2, 0.25) is 11.8 Å². The second-order valence-electron chi connectivity index (χ2n) is 11.7. The molecular weight excluding hydrogens is 498 g/mol. The molecule has 0 radical (unpaired) electrons. The number of piperidine rings is 2. The Morgan fingerprint density at radius 2 is 1.51 bits per heavy atom. The molecule has 4 aliphatic heterocycles. The molecular formula is C29H37N5O5. The van der Waals surface area contributed by atoms with E-state index in [0.717, 1.165) is 75.4 Å². The van der Waals surface area contributed by atoms with Crippen LogP contribution in [-0.2, 0) is 9.59 Å². The molecule has 10 heteroatoms. The molecule has 0 aromatic heterocycles. The highest BCUT2D eigenvalue weighted by atomic mass is 16.2. The Hall–Kier alpha value is -3.43. The first kappa shape index (κ1) is 25.8. The number of anilines is 1. The van der Waals surface area contributed by atoms with E-state index in [1.807, 2.05) is 6.07 Å². The van der Waals surface area contributed by atoms with Crippen molar-refractivity contribution >= 4 is 35.3 Å². The van der Waals surface area contributed by atoms with Crippen molar-refractivity contribution in [3.8, 4) is 0 Å². The van der Waals surface area contributed by atoms with Crippen LogP contribution >= 0.6 is 0 Å². The van der Waals surface area contributed by atoms with Crippen LogP contribution in [0.1, 0.15) is 84.9 Å². The van der Waals surface area contributed by atoms with E-state index in [4.69, 9.17) is 0 Å². The number of fused-ring (bicyclic) bond motifs is 1. The summed E-state index contributed by atoms with van der Waals surface area (Å²) >= 11 is 0. The Bertz CT molecular complexity index is 1190. The van der Waals surface area contributed by atoms with Gasteiger partial charge in [-0.2, -0.15) is 0 Å². The van der Waals surface area contributed by atoms with Crippen LogP contribution in [0.5, 0.6) is 0 Å². The number of amides is 6. The third-order valence-corrected chi connectivity index (χ3v) is 9.24. The molecule has 1 aliphatic carbocycles. The van der Waals surface area contributed by atoms with Crippen molar-refractivity contribution in [3.63, 3.8) is 0 Å². The summed E-state index contributed by atoms with van der Waals surface area (Å²) in [5.41, 5.74) is 1.50. The van der Waals surface area contributed by atoms with Gasteiger partial charge in [-0.05, 0) is 62.6 Å². The lowest BCUT2D eigenvalue weighted by Gasteiger charge is -2.43. The van der Waals surface area contributed by atoms with Gasteiger partial charge in [-0.15, -0.1) is 0 Å². The van der Waals surface area contributed by atoms with Gasteiger partial charge in [0.1, 0.15) is 6.04 Å². The minimum Gasteiger partial charge on any atom is -0.371 e. The fraction of sp³-hybridized carbons (Fsp3) is 0.621. The number of nitrogens with zero attached hydrogens (tertiary/aromatic N) is 4. The zero-order valence-electron chi connectivity index (χ0n) is 22.4. The summed E-state index contributed by atoms with van der Waals surface area (Å²) in [7, 11) is 0. The number of nitrogens with one attached hydrogen (secondary N) is 1. The first-order chi connectivity index (χ1) is 18.9. The maximum absolute atomic E-state index is 13.3. The Kier molecular flexibility index (Phi) is 7.03. The molecule has 1 aromatic rings. The fourth-order valence-electron chi connectivity index (χ4n) is 7.05. The molecule has 6 amide bonds. The van der Waals surface area contributed by atoms with Gasteiger partial charge in [-0.1, -0.05) is 19.3 Å². The normalized spacial score (nSPS) is 25.4. The van der Waals surface area contributed by atoms with Gasteiger partial charge in [0.15, 0.2) is 0 Å². The summed E-state index contributed by atoms with van der Waals surface area (Å²) in [4.78, 5) is 70.7. The van der Waals surface area contributed by atoms with Crippen LogP contribution < -0.4 is 10.2 Å². The Labute approximate surface area is 228 Å². The second kappa shape index (κ2) is 10.6. The average Bonchev–Trinajstić information content (AvgIpc) is 3.20. The summed E-state index contributed by atoms with van der Waals surface area (Å²) < 4.78 is 0. The van der Waals surface area contributed by atoms with Crippen LogP contribution in [0.15, 0.2) is 18.2 Å². The Balaban J connectivity index is 1.07. The van der Waals surface area contributed by atoms with E-state index in [2.05, 4.69) is 20.0 Å². The largest absolute Gasteiger partial charge is 0.371 e. The highest BCUT2D eigenvalue weighted by molar-refractivity contribution is 6.23. The number of imide groups is 2. The number of carbonyl (C=O) groups is 5. The van der Waals surface area contributed by atoms with E-state index in [1.54, 1.807) is 12.1 Å². The molecule has 4 fully saturated rings. The lowest BCUT2D eigenvalue weighted by Crippen LogP contribution is -2.55. The molecule has 5 aliphatic rings. The van der Waals surface area contributed by atoms with Crippen molar-refractivity contribution in [3.05, 3.63) is 29.3 Å². The van der Waals surface area contributed by atoms with Crippen molar-refractivity contribution in [2.24, 2.45) is 5.92 Å². The van der Waals surface area contributed by atoms with Gasteiger partial charge < -0.3 is 14.7 Å². The monoisotopic (exact) mass is 535 g/mol. The van der Waals surface area contributed by atoms with Crippen LogP contribution in [0.3, 0.4) is 0 Å². The van der Waals surface area contributed by atoms with Gasteiger partial charge in [0.25, 0.3) is 11.8 Å². The first-order valence-corrected chi connectivity index (χ1v) is 14.6. The van der Waals surface area contributed by atoms with Crippen LogP contribution in [0.4, 0.5) is 10.5 Å². The van der Waals surface area contributed by atoms with E-state index in [9.17, 15) is 24.0 Å². The lowest BCUT2D eigenvalue weighted by atomic mass is 9.93.